The minimum atomic E-state index is -1.03. The van der Waals surface area contributed by atoms with Crippen LogP contribution in [-0.4, -0.2) is 29.1 Å². The van der Waals surface area contributed by atoms with Crippen LogP contribution in [0.25, 0.3) is 0 Å². The van der Waals surface area contributed by atoms with Gasteiger partial charge in [0, 0.05) is 0 Å². The number of carbonyl (C=O) groups is 2. The molecule has 0 spiro atoms. The zero-order valence-corrected chi connectivity index (χ0v) is 13.6. The fourth-order valence-corrected chi connectivity index (χ4v) is 2.08. The summed E-state index contributed by atoms with van der Waals surface area (Å²) in [5, 5.41) is 11.7. The van der Waals surface area contributed by atoms with E-state index in [2.05, 4.69) is 5.32 Å². The Morgan fingerprint density at radius 2 is 1.95 bits per heavy atom. The minimum Gasteiger partial charge on any atom is -0.481 e. The number of amides is 1. The Balaban J connectivity index is 2.65. The Hall–Kier alpha value is -2.04. The van der Waals surface area contributed by atoms with Crippen molar-refractivity contribution in [3.8, 4) is 5.75 Å². The quantitative estimate of drug-likeness (QED) is 0.774. The molecule has 1 aromatic rings. The predicted molar refractivity (Wildman–Crippen MR) is 84.9 cm³/mol. The normalized spacial score (nSPS) is 13.5. The van der Waals surface area contributed by atoms with Crippen LogP contribution in [0.3, 0.4) is 0 Å². The van der Waals surface area contributed by atoms with E-state index in [4.69, 9.17) is 9.84 Å². The highest BCUT2D eigenvalue weighted by Crippen LogP contribution is 2.15. The molecule has 2 N–H and O–H groups in total. The van der Waals surface area contributed by atoms with Crippen LogP contribution in [0, 0.1) is 5.92 Å². The number of nitrogens with one attached hydrogen (secondary N) is 1. The van der Waals surface area contributed by atoms with E-state index < -0.39 is 24.0 Å². The largest absolute Gasteiger partial charge is 0.481 e. The van der Waals surface area contributed by atoms with Crippen LogP contribution in [0.5, 0.6) is 5.75 Å². The second-order valence-electron chi connectivity index (χ2n) is 5.79. The Morgan fingerprint density at radius 3 is 2.50 bits per heavy atom. The van der Waals surface area contributed by atoms with Crippen LogP contribution in [0.15, 0.2) is 24.3 Å². The maximum Gasteiger partial charge on any atom is 0.326 e. The summed E-state index contributed by atoms with van der Waals surface area (Å²) in [5.41, 5.74) is 1.12. The first-order chi connectivity index (χ1) is 10.3. The number of carboxylic acid groups (broad SMARTS) is 1. The lowest BCUT2D eigenvalue weighted by Gasteiger charge is -2.20. The summed E-state index contributed by atoms with van der Waals surface area (Å²) in [4.78, 5) is 23.3. The SMILES string of the molecule is CCc1cccc(OC(C)C(=O)NC(CC(C)C)C(=O)O)c1. The molecule has 1 rings (SSSR count). The van der Waals surface area contributed by atoms with Gasteiger partial charge in [0.15, 0.2) is 6.10 Å². The second-order valence-corrected chi connectivity index (χ2v) is 5.79. The number of rotatable bonds is 8. The van der Waals surface area contributed by atoms with Crippen molar-refractivity contribution in [1.82, 2.24) is 5.32 Å². The van der Waals surface area contributed by atoms with Crippen LogP contribution < -0.4 is 10.1 Å². The Labute approximate surface area is 131 Å². The van der Waals surface area contributed by atoms with Gasteiger partial charge in [0.05, 0.1) is 0 Å². The van der Waals surface area contributed by atoms with Crippen LogP contribution in [0.1, 0.15) is 39.7 Å². The number of carbonyl (C=O) groups excluding carboxylic acids is 1. The van der Waals surface area contributed by atoms with Crippen molar-refractivity contribution in [2.75, 3.05) is 0 Å². The fraction of sp³-hybridized carbons (Fsp3) is 0.529. The molecule has 122 valence electrons. The molecule has 0 aliphatic rings. The van der Waals surface area contributed by atoms with Crippen molar-refractivity contribution in [3.05, 3.63) is 29.8 Å². The molecule has 22 heavy (non-hydrogen) atoms. The Morgan fingerprint density at radius 1 is 1.27 bits per heavy atom. The summed E-state index contributed by atoms with van der Waals surface area (Å²) < 4.78 is 5.60. The number of aryl methyl sites for hydroxylation is 1. The summed E-state index contributed by atoms with van der Waals surface area (Å²) in [6.45, 7) is 7.48. The van der Waals surface area contributed by atoms with E-state index in [0.717, 1.165) is 12.0 Å². The highest BCUT2D eigenvalue weighted by molar-refractivity contribution is 5.86. The molecule has 0 heterocycles. The summed E-state index contributed by atoms with van der Waals surface area (Å²) >= 11 is 0. The van der Waals surface area contributed by atoms with Crippen molar-refractivity contribution in [2.24, 2.45) is 5.92 Å². The van der Waals surface area contributed by atoms with Gasteiger partial charge in [0.2, 0.25) is 0 Å². The minimum absolute atomic E-state index is 0.180. The average molecular weight is 307 g/mol. The van der Waals surface area contributed by atoms with Gasteiger partial charge in [0.1, 0.15) is 11.8 Å². The van der Waals surface area contributed by atoms with Gasteiger partial charge in [-0.05, 0) is 43.4 Å². The lowest BCUT2D eigenvalue weighted by molar-refractivity contribution is -0.143. The van der Waals surface area contributed by atoms with Gasteiger partial charge >= 0.3 is 5.97 Å². The molecule has 1 aromatic carbocycles. The first-order valence-corrected chi connectivity index (χ1v) is 7.62. The first-order valence-electron chi connectivity index (χ1n) is 7.62. The third-order valence-corrected chi connectivity index (χ3v) is 3.31. The fourth-order valence-electron chi connectivity index (χ4n) is 2.08. The second kappa shape index (κ2) is 8.41. The van der Waals surface area contributed by atoms with Crippen molar-refractivity contribution in [2.45, 2.75) is 52.7 Å². The van der Waals surface area contributed by atoms with Crippen LogP contribution >= 0.6 is 0 Å². The zero-order valence-electron chi connectivity index (χ0n) is 13.6. The lowest BCUT2D eigenvalue weighted by Crippen LogP contribution is -2.46. The molecule has 0 aromatic heterocycles. The van der Waals surface area contributed by atoms with Crippen LogP contribution in [0.2, 0.25) is 0 Å². The molecule has 2 unspecified atom stereocenters. The molecule has 5 nitrogen and oxygen atoms in total. The number of aliphatic carboxylic acids is 1. The molecular formula is C17H25NO4. The highest BCUT2D eigenvalue weighted by atomic mass is 16.5. The number of carboxylic acids is 1. The topological polar surface area (TPSA) is 75.6 Å². The van der Waals surface area contributed by atoms with Crippen LogP contribution in [-0.2, 0) is 16.0 Å². The number of hydrogen-bond donors (Lipinski definition) is 2. The van der Waals surface area contributed by atoms with Gasteiger partial charge in [0.25, 0.3) is 5.91 Å². The molecule has 1 amide bonds. The number of ether oxygens (including phenoxy) is 1. The van der Waals surface area contributed by atoms with Crippen molar-refractivity contribution in [1.29, 1.82) is 0 Å². The van der Waals surface area contributed by atoms with Gasteiger partial charge in [-0.2, -0.15) is 0 Å². The lowest BCUT2D eigenvalue weighted by atomic mass is 10.0. The number of benzene rings is 1. The number of hydrogen-bond acceptors (Lipinski definition) is 3. The van der Waals surface area contributed by atoms with E-state index in [1.54, 1.807) is 13.0 Å². The summed E-state index contributed by atoms with van der Waals surface area (Å²) in [6.07, 6.45) is 0.521. The molecule has 0 aliphatic heterocycles. The van der Waals surface area contributed by atoms with Gasteiger partial charge in [-0.15, -0.1) is 0 Å². The molecule has 5 heteroatoms. The standard InChI is InChI=1S/C17H25NO4/c1-5-13-7-6-8-14(10-13)22-12(4)16(19)18-15(17(20)21)9-11(2)3/h6-8,10-12,15H,5,9H2,1-4H3,(H,18,19)(H,20,21). The Bertz CT molecular complexity index is 513. The van der Waals surface area contributed by atoms with E-state index >= 15 is 0 Å². The molecule has 0 aliphatic carbocycles. The van der Waals surface area contributed by atoms with E-state index in [9.17, 15) is 9.59 Å². The smallest absolute Gasteiger partial charge is 0.326 e. The average Bonchev–Trinajstić information content (AvgIpc) is 2.46. The highest BCUT2D eigenvalue weighted by Gasteiger charge is 2.24. The van der Waals surface area contributed by atoms with Crippen molar-refractivity contribution < 1.29 is 19.4 Å². The predicted octanol–water partition coefficient (Wildman–Crippen LogP) is 2.63. The summed E-state index contributed by atoms with van der Waals surface area (Å²) in [7, 11) is 0. The first kappa shape index (κ1) is 18.0. The summed E-state index contributed by atoms with van der Waals surface area (Å²) in [5.74, 6) is -0.659. The molecule has 2 atom stereocenters. The molecule has 0 radical (unpaired) electrons. The van der Waals surface area contributed by atoms with Crippen molar-refractivity contribution >= 4 is 11.9 Å². The van der Waals surface area contributed by atoms with Crippen LogP contribution in [0.4, 0.5) is 0 Å². The maximum absolute atomic E-state index is 12.1. The molecule has 0 saturated heterocycles. The van der Waals surface area contributed by atoms with Crippen molar-refractivity contribution in [3.63, 3.8) is 0 Å². The molecule has 0 fully saturated rings. The molecule has 0 bridgehead atoms. The molecular weight excluding hydrogens is 282 g/mol. The van der Waals surface area contributed by atoms with Gasteiger partial charge < -0.3 is 15.2 Å². The zero-order chi connectivity index (χ0) is 16.7. The third-order valence-electron chi connectivity index (χ3n) is 3.31. The van der Waals surface area contributed by atoms with E-state index in [1.165, 1.54) is 0 Å². The monoisotopic (exact) mass is 307 g/mol. The van der Waals surface area contributed by atoms with E-state index in [1.807, 2.05) is 39.0 Å². The van der Waals surface area contributed by atoms with E-state index in [0.29, 0.717) is 12.2 Å². The maximum atomic E-state index is 12.1. The summed E-state index contributed by atoms with van der Waals surface area (Å²) in [6, 6.07) is 6.64. The van der Waals surface area contributed by atoms with Gasteiger partial charge in [-0.3, -0.25) is 4.79 Å². The van der Waals surface area contributed by atoms with E-state index in [-0.39, 0.29) is 5.92 Å². The third kappa shape index (κ3) is 5.76. The molecule has 0 saturated carbocycles. The van der Waals surface area contributed by atoms with Gasteiger partial charge in [-0.1, -0.05) is 32.9 Å². The Kier molecular flexibility index (Phi) is 6.89. The van der Waals surface area contributed by atoms with Gasteiger partial charge in [-0.25, -0.2) is 4.79 Å².